The van der Waals surface area contributed by atoms with Crippen molar-refractivity contribution in [2.24, 2.45) is 0 Å². The highest BCUT2D eigenvalue weighted by Gasteiger charge is 2.35. The van der Waals surface area contributed by atoms with Crippen molar-refractivity contribution in [1.82, 2.24) is 9.55 Å². The summed E-state index contributed by atoms with van der Waals surface area (Å²) in [6, 6.07) is 23.1. The van der Waals surface area contributed by atoms with Crippen LogP contribution in [0, 0.1) is 0 Å². The molecule has 1 aliphatic heterocycles. The molecule has 1 fully saturated rings. The van der Waals surface area contributed by atoms with Crippen molar-refractivity contribution in [3.63, 3.8) is 0 Å². The van der Waals surface area contributed by atoms with Crippen LogP contribution in [0.4, 0.5) is 5.69 Å². The summed E-state index contributed by atoms with van der Waals surface area (Å²) in [6.07, 6.45) is 3.75. The molecular formula is C29H28ClN3O2. The number of rotatable bonds is 8. The van der Waals surface area contributed by atoms with Gasteiger partial charge in [-0.25, -0.2) is 4.98 Å². The molecule has 0 bridgehead atoms. The number of ketones is 1. The second-order valence-electron chi connectivity index (χ2n) is 9.15. The number of aromatic nitrogens is 2. The number of imidazole rings is 1. The van der Waals surface area contributed by atoms with E-state index in [-0.39, 0.29) is 24.2 Å². The van der Waals surface area contributed by atoms with Crippen LogP contribution in [0.15, 0.2) is 72.8 Å². The molecule has 35 heavy (non-hydrogen) atoms. The normalized spacial score (nSPS) is 15.8. The molecule has 0 radical (unpaired) electrons. The predicted molar refractivity (Wildman–Crippen MR) is 140 cm³/mol. The Kier molecular flexibility index (Phi) is 6.69. The van der Waals surface area contributed by atoms with Gasteiger partial charge in [-0.15, -0.1) is 0 Å². The van der Waals surface area contributed by atoms with Gasteiger partial charge in [0.1, 0.15) is 5.82 Å². The number of halogens is 1. The molecule has 1 amide bonds. The second kappa shape index (κ2) is 10.0. The fourth-order valence-corrected chi connectivity index (χ4v) is 4.92. The van der Waals surface area contributed by atoms with Crippen LogP contribution in [0.25, 0.3) is 11.0 Å². The van der Waals surface area contributed by atoms with Gasteiger partial charge < -0.3 is 9.47 Å². The molecule has 1 unspecified atom stereocenters. The van der Waals surface area contributed by atoms with E-state index in [1.807, 2.05) is 45.9 Å². The first kappa shape index (κ1) is 23.3. The number of carbonyl (C=O) groups is 2. The molecule has 3 aromatic carbocycles. The van der Waals surface area contributed by atoms with Crippen molar-refractivity contribution in [2.45, 2.75) is 45.1 Å². The van der Waals surface area contributed by atoms with Gasteiger partial charge in [-0.2, -0.15) is 0 Å². The molecule has 0 aliphatic carbocycles. The van der Waals surface area contributed by atoms with Crippen LogP contribution in [-0.4, -0.2) is 27.8 Å². The van der Waals surface area contributed by atoms with Gasteiger partial charge in [0.15, 0.2) is 5.78 Å². The summed E-state index contributed by atoms with van der Waals surface area (Å²) in [5.41, 5.74) is 4.54. The van der Waals surface area contributed by atoms with E-state index >= 15 is 0 Å². The van der Waals surface area contributed by atoms with E-state index in [2.05, 4.69) is 19.1 Å². The number of hydrogen-bond acceptors (Lipinski definition) is 3. The quantitative estimate of drug-likeness (QED) is 0.270. The molecular weight excluding hydrogens is 458 g/mol. The Morgan fingerprint density at radius 3 is 2.51 bits per heavy atom. The van der Waals surface area contributed by atoms with Gasteiger partial charge in [-0.05, 0) is 66.9 Å². The number of anilines is 1. The van der Waals surface area contributed by atoms with Crippen molar-refractivity contribution in [2.75, 3.05) is 11.4 Å². The summed E-state index contributed by atoms with van der Waals surface area (Å²) in [7, 11) is 0. The number of unbranched alkanes of at least 4 members (excludes halogenated alkanes) is 1. The number of fused-ring (bicyclic) bond motifs is 1. The summed E-state index contributed by atoms with van der Waals surface area (Å²) >= 11 is 5.99. The van der Waals surface area contributed by atoms with Gasteiger partial charge >= 0.3 is 0 Å². The molecule has 6 heteroatoms. The molecule has 5 nitrogen and oxygen atoms in total. The zero-order valence-corrected chi connectivity index (χ0v) is 20.5. The summed E-state index contributed by atoms with van der Waals surface area (Å²) in [6.45, 7) is 2.90. The first-order valence-electron chi connectivity index (χ1n) is 12.2. The first-order chi connectivity index (χ1) is 17.0. The minimum atomic E-state index is -0.0901. The molecule has 1 atom stereocenters. The number of carbonyl (C=O) groups excluding carboxylic acids is 2. The molecule has 2 heterocycles. The van der Waals surface area contributed by atoms with Crippen LogP contribution in [0.5, 0.6) is 0 Å². The molecule has 178 valence electrons. The summed E-state index contributed by atoms with van der Waals surface area (Å²) < 4.78 is 1.97. The molecule has 1 aliphatic rings. The number of para-hydroxylation sites is 2. The highest BCUT2D eigenvalue weighted by atomic mass is 35.5. The fourth-order valence-electron chi connectivity index (χ4n) is 4.80. The third-order valence-corrected chi connectivity index (χ3v) is 6.96. The third kappa shape index (κ3) is 4.87. The van der Waals surface area contributed by atoms with Gasteiger partial charge in [-0.1, -0.05) is 49.2 Å². The number of Topliss-reactive ketones (excluding diaryl/α,β-unsaturated/α-hetero) is 1. The first-order valence-corrected chi connectivity index (χ1v) is 12.5. The van der Waals surface area contributed by atoms with Crippen molar-refractivity contribution < 1.29 is 9.59 Å². The fraction of sp³-hybridized carbons (Fsp3) is 0.276. The lowest BCUT2D eigenvalue weighted by Crippen LogP contribution is -2.24. The topological polar surface area (TPSA) is 55.2 Å². The van der Waals surface area contributed by atoms with Crippen LogP contribution in [0.2, 0.25) is 5.02 Å². The number of nitrogens with zero attached hydrogens (tertiary/aromatic N) is 3. The SMILES string of the molecule is CCCCc1ccc(N2CC(c3nc4ccccc4n3CC(=O)c3ccc(Cl)cc3)CC2=O)cc1. The summed E-state index contributed by atoms with van der Waals surface area (Å²) in [5, 5.41) is 0.596. The number of aryl methyl sites for hydroxylation is 1. The van der Waals surface area contributed by atoms with Crippen molar-refractivity contribution >= 4 is 40.0 Å². The van der Waals surface area contributed by atoms with Crippen molar-refractivity contribution in [1.29, 1.82) is 0 Å². The van der Waals surface area contributed by atoms with Crippen LogP contribution < -0.4 is 4.90 Å². The minimum Gasteiger partial charge on any atom is -0.320 e. The van der Waals surface area contributed by atoms with E-state index < -0.39 is 0 Å². The molecule has 0 spiro atoms. The van der Waals surface area contributed by atoms with Crippen molar-refractivity contribution in [3.8, 4) is 0 Å². The molecule has 5 rings (SSSR count). The maximum Gasteiger partial charge on any atom is 0.227 e. The number of hydrogen-bond donors (Lipinski definition) is 0. The molecule has 1 aromatic heterocycles. The Bertz CT molecular complexity index is 1360. The monoisotopic (exact) mass is 485 g/mol. The maximum atomic E-state index is 13.1. The Balaban J connectivity index is 1.42. The average Bonchev–Trinajstić information content (AvgIpc) is 3.44. The van der Waals surface area contributed by atoms with E-state index in [0.29, 0.717) is 23.6 Å². The standard InChI is InChI=1S/C29H28ClN3O2/c1-2-3-6-20-9-15-24(16-10-20)32-18-22(17-28(32)35)29-31-25-7-4-5-8-26(25)33(29)19-27(34)21-11-13-23(30)14-12-21/h4-5,7-16,22H,2-3,6,17-19H2,1H3. The van der Waals surface area contributed by atoms with Gasteiger partial charge in [0, 0.05) is 35.2 Å². The highest BCUT2D eigenvalue weighted by Crippen LogP contribution is 2.33. The lowest BCUT2D eigenvalue weighted by molar-refractivity contribution is -0.117. The molecule has 0 saturated carbocycles. The zero-order valence-electron chi connectivity index (χ0n) is 19.8. The van der Waals surface area contributed by atoms with E-state index in [1.165, 1.54) is 5.56 Å². The smallest absolute Gasteiger partial charge is 0.227 e. The van der Waals surface area contributed by atoms with Gasteiger partial charge in [0.25, 0.3) is 0 Å². The third-order valence-electron chi connectivity index (χ3n) is 6.71. The van der Waals surface area contributed by atoms with Crippen LogP contribution in [-0.2, 0) is 17.8 Å². The molecule has 0 N–H and O–H groups in total. The number of amides is 1. The lowest BCUT2D eigenvalue weighted by atomic mass is 10.1. The Morgan fingerprint density at radius 2 is 1.77 bits per heavy atom. The van der Waals surface area contributed by atoms with Gasteiger partial charge in [0.05, 0.1) is 17.6 Å². The van der Waals surface area contributed by atoms with Crippen molar-refractivity contribution in [3.05, 3.63) is 94.8 Å². The molecule has 4 aromatic rings. The summed E-state index contributed by atoms with van der Waals surface area (Å²) in [5.74, 6) is 0.755. The van der Waals surface area contributed by atoms with E-state index in [4.69, 9.17) is 16.6 Å². The maximum absolute atomic E-state index is 13.1. The largest absolute Gasteiger partial charge is 0.320 e. The minimum absolute atomic E-state index is 0.0186. The Hall–Kier alpha value is -3.44. The predicted octanol–water partition coefficient (Wildman–Crippen LogP) is 6.44. The lowest BCUT2D eigenvalue weighted by Gasteiger charge is -2.18. The van der Waals surface area contributed by atoms with Gasteiger partial charge in [-0.3, -0.25) is 9.59 Å². The zero-order chi connectivity index (χ0) is 24.4. The van der Waals surface area contributed by atoms with Crippen LogP contribution >= 0.6 is 11.6 Å². The van der Waals surface area contributed by atoms with E-state index in [1.54, 1.807) is 24.3 Å². The van der Waals surface area contributed by atoms with E-state index in [0.717, 1.165) is 41.8 Å². The Morgan fingerprint density at radius 1 is 1.03 bits per heavy atom. The Labute approximate surface area is 210 Å². The highest BCUT2D eigenvalue weighted by molar-refractivity contribution is 6.30. The van der Waals surface area contributed by atoms with Gasteiger partial charge in [0.2, 0.25) is 5.91 Å². The average molecular weight is 486 g/mol. The molecule has 1 saturated heterocycles. The summed E-state index contributed by atoms with van der Waals surface area (Å²) in [4.78, 5) is 32.9. The second-order valence-corrected chi connectivity index (χ2v) is 9.59. The number of benzene rings is 3. The van der Waals surface area contributed by atoms with Crippen LogP contribution in [0.1, 0.15) is 53.8 Å². The van der Waals surface area contributed by atoms with E-state index in [9.17, 15) is 9.59 Å². The van der Waals surface area contributed by atoms with Crippen LogP contribution in [0.3, 0.4) is 0 Å².